The predicted octanol–water partition coefficient (Wildman–Crippen LogP) is 2.22. The van der Waals surface area contributed by atoms with Gasteiger partial charge in [0, 0.05) is 30.0 Å². The first-order valence-electron chi connectivity index (χ1n) is 8.41. The molecule has 0 saturated heterocycles. The molecular formula is C16H22F3N3O3S. The lowest BCUT2D eigenvalue weighted by Crippen LogP contribution is -2.44. The normalized spacial score (nSPS) is 18.3. The Bertz CT molecular complexity index is 729. The zero-order chi connectivity index (χ0) is 19.5. The molecule has 0 aliphatic heterocycles. The highest BCUT2D eigenvalue weighted by Crippen LogP contribution is 2.26. The summed E-state index contributed by atoms with van der Waals surface area (Å²) >= 11 is 0. The molecule has 2 rings (SSSR count). The number of H-pyrrole nitrogens is 1. The molecule has 1 aliphatic carbocycles. The van der Waals surface area contributed by atoms with Gasteiger partial charge in [-0.1, -0.05) is 19.3 Å². The average Bonchev–Trinajstić information content (AvgIpc) is 2.59. The SMILES string of the molecule is C[C@@H](C(=O)N(C)C1CCCCC1)[S@](=O)Cc1nc(C(F)(F)F)cc(=O)[nH]1. The third-order valence-corrected chi connectivity index (χ3v) is 6.12. The smallest absolute Gasteiger partial charge is 0.342 e. The van der Waals surface area contributed by atoms with Gasteiger partial charge in [-0.05, 0) is 19.8 Å². The van der Waals surface area contributed by atoms with Gasteiger partial charge in [0.25, 0.3) is 5.56 Å². The van der Waals surface area contributed by atoms with Crippen LogP contribution in [0.4, 0.5) is 13.2 Å². The van der Waals surface area contributed by atoms with Crippen molar-refractivity contribution in [3.05, 3.63) is 27.9 Å². The quantitative estimate of drug-likeness (QED) is 0.832. The Balaban J connectivity index is 2.08. The fraction of sp³-hybridized carbons (Fsp3) is 0.688. The van der Waals surface area contributed by atoms with Gasteiger partial charge < -0.3 is 9.88 Å². The molecule has 1 heterocycles. The van der Waals surface area contributed by atoms with E-state index < -0.39 is 39.2 Å². The van der Waals surface area contributed by atoms with Crippen molar-refractivity contribution in [3.63, 3.8) is 0 Å². The van der Waals surface area contributed by atoms with Crippen LogP contribution in [0.15, 0.2) is 10.9 Å². The second-order valence-corrected chi connectivity index (χ2v) is 8.24. The van der Waals surface area contributed by atoms with Crippen LogP contribution in [0.2, 0.25) is 0 Å². The van der Waals surface area contributed by atoms with Crippen LogP contribution in [0, 0.1) is 0 Å². The van der Waals surface area contributed by atoms with Crippen LogP contribution < -0.4 is 5.56 Å². The third-order valence-electron chi connectivity index (χ3n) is 4.57. The molecule has 0 radical (unpaired) electrons. The van der Waals surface area contributed by atoms with E-state index in [4.69, 9.17) is 0 Å². The molecule has 1 fully saturated rings. The van der Waals surface area contributed by atoms with E-state index in [1.165, 1.54) is 6.92 Å². The highest BCUT2D eigenvalue weighted by molar-refractivity contribution is 7.85. The van der Waals surface area contributed by atoms with E-state index in [1.807, 2.05) is 0 Å². The Morgan fingerprint density at radius 1 is 1.38 bits per heavy atom. The molecule has 0 aromatic carbocycles. The van der Waals surface area contributed by atoms with Gasteiger partial charge in [-0.3, -0.25) is 13.8 Å². The number of hydrogen-bond donors (Lipinski definition) is 1. The number of carbonyl (C=O) groups excluding carboxylic acids is 1. The first-order valence-corrected chi connectivity index (χ1v) is 9.79. The number of halogens is 3. The number of aromatic nitrogens is 2. The maximum Gasteiger partial charge on any atom is 0.433 e. The highest BCUT2D eigenvalue weighted by Gasteiger charge is 2.34. The van der Waals surface area contributed by atoms with Gasteiger partial charge >= 0.3 is 6.18 Å². The van der Waals surface area contributed by atoms with Crippen LogP contribution in [0.3, 0.4) is 0 Å². The molecule has 2 atom stereocenters. The summed E-state index contributed by atoms with van der Waals surface area (Å²) in [6.07, 6.45) is 0.222. The number of hydrogen-bond acceptors (Lipinski definition) is 4. The molecule has 26 heavy (non-hydrogen) atoms. The molecular weight excluding hydrogens is 371 g/mol. The highest BCUT2D eigenvalue weighted by atomic mass is 32.2. The fourth-order valence-corrected chi connectivity index (χ4v) is 4.08. The minimum Gasteiger partial charge on any atom is -0.342 e. The molecule has 1 aliphatic rings. The zero-order valence-corrected chi connectivity index (χ0v) is 15.5. The molecule has 0 unspecified atom stereocenters. The van der Waals surface area contributed by atoms with E-state index >= 15 is 0 Å². The minimum absolute atomic E-state index is 0.0992. The lowest BCUT2D eigenvalue weighted by molar-refractivity contribution is -0.141. The van der Waals surface area contributed by atoms with Gasteiger partial charge in [0.1, 0.15) is 11.1 Å². The monoisotopic (exact) mass is 393 g/mol. The van der Waals surface area contributed by atoms with Gasteiger partial charge in [0.2, 0.25) is 5.91 Å². The summed E-state index contributed by atoms with van der Waals surface area (Å²) in [6, 6.07) is 0.444. The minimum atomic E-state index is -4.77. The molecule has 146 valence electrons. The van der Waals surface area contributed by atoms with Gasteiger partial charge in [0.15, 0.2) is 5.69 Å². The van der Waals surface area contributed by atoms with E-state index in [1.54, 1.807) is 11.9 Å². The van der Waals surface area contributed by atoms with Crippen LogP contribution in [-0.2, 0) is 27.5 Å². The number of aromatic amines is 1. The summed E-state index contributed by atoms with van der Waals surface area (Å²) in [6.45, 7) is 1.48. The number of nitrogens with zero attached hydrogens (tertiary/aromatic N) is 2. The molecule has 1 aromatic heterocycles. The first kappa shape index (κ1) is 20.6. The Hall–Kier alpha value is -1.71. The van der Waals surface area contributed by atoms with Crippen molar-refractivity contribution in [2.75, 3.05) is 7.05 Å². The van der Waals surface area contributed by atoms with E-state index in [0.29, 0.717) is 6.07 Å². The molecule has 1 aromatic rings. The molecule has 0 bridgehead atoms. The molecule has 1 N–H and O–H groups in total. The second kappa shape index (κ2) is 8.32. The van der Waals surface area contributed by atoms with Crippen molar-refractivity contribution >= 4 is 16.7 Å². The average molecular weight is 393 g/mol. The third kappa shape index (κ3) is 5.15. The Morgan fingerprint density at radius 3 is 2.58 bits per heavy atom. The van der Waals surface area contributed by atoms with Crippen molar-refractivity contribution in [3.8, 4) is 0 Å². The first-order chi connectivity index (χ1) is 12.1. The number of rotatable bonds is 5. The number of alkyl halides is 3. The Kier molecular flexibility index (Phi) is 6.59. The number of nitrogens with one attached hydrogen (secondary N) is 1. The van der Waals surface area contributed by atoms with Crippen LogP contribution in [0.5, 0.6) is 0 Å². The van der Waals surface area contributed by atoms with E-state index in [0.717, 1.165) is 32.1 Å². The lowest BCUT2D eigenvalue weighted by Gasteiger charge is -2.32. The number of amides is 1. The fourth-order valence-electron chi connectivity index (χ4n) is 3.03. The summed E-state index contributed by atoms with van der Waals surface area (Å²) in [7, 11) is -0.142. The van der Waals surface area contributed by atoms with Crippen molar-refractivity contribution in [2.24, 2.45) is 0 Å². The maximum absolute atomic E-state index is 12.7. The van der Waals surface area contributed by atoms with Gasteiger partial charge in [-0.2, -0.15) is 13.2 Å². The van der Waals surface area contributed by atoms with Crippen LogP contribution in [0.1, 0.15) is 50.5 Å². The van der Waals surface area contributed by atoms with Crippen LogP contribution in [-0.4, -0.2) is 43.3 Å². The number of carbonyl (C=O) groups is 1. The van der Waals surface area contributed by atoms with Crippen molar-refractivity contribution in [2.45, 2.75) is 62.2 Å². The summed E-state index contributed by atoms with van der Waals surface area (Å²) in [4.78, 5) is 31.0. The van der Waals surface area contributed by atoms with Gasteiger partial charge in [-0.15, -0.1) is 0 Å². The molecule has 6 nitrogen and oxygen atoms in total. The van der Waals surface area contributed by atoms with Crippen molar-refractivity contribution in [1.29, 1.82) is 0 Å². The zero-order valence-electron chi connectivity index (χ0n) is 14.6. The Morgan fingerprint density at radius 2 is 2.00 bits per heavy atom. The standard InChI is InChI=1S/C16H22F3N3O3S/c1-10(15(24)22(2)11-6-4-3-5-7-11)26(25)9-13-20-12(16(17,18)19)8-14(23)21-13/h8,10-11H,3-7,9H2,1-2H3,(H,20,21,23)/t10-,26+/m0/s1. The topological polar surface area (TPSA) is 83.1 Å². The maximum atomic E-state index is 12.7. The van der Waals surface area contributed by atoms with Gasteiger partial charge in [0.05, 0.1) is 5.75 Å². The van der Waals surface area contributed by atoms with Crippen LogP contribution >= 0.6 is 0 Å². The van der Waals surface area contributed by atoms with E-state index in [9.17, 15) is 27.0 Å². The molecule has 10 heteroatoms. The summed E-state index contributed by atoms with van der Waals surface area (Å²) in [5.41, 5.74) is -2.32. The van der Waals surface area contributed by atoms with Crippen LogP contribution in [0.25, 0.3) is 0 Å². The second-order valence-electron chi connectivity index (χ2n) is 6.48. The Labute approximate surface area is 151 Å². The van der Waals surface area contributed by atoms with Crippen molar-refractivity contribution < 1.29 is 22.2 Å². The summed E-state index contributed by atoms with van der Waals surface area (Å²) in [5, 5.41) is -0.901. The molecule has 0 spiro atoms. The summed E-state index contributed by atoms with van der Waals surface area (Å²) < 4.78 is 50.6. The largest absolute Gasteiger partial charge is 0.433 e. The van der Waals surface area contributed by atoms with Crippen molar-refractivity contribution in [1.82, 2.24) is 14.9 Å². The summed E-state index contributed by atoms with van der Waals surface area (Å²) in [5.74, 6) is -1.09. The van der Waals surface area contributed by atoms with Gasteiger partial charge in [-0.25, -0.2) is 4.98 Å². The predicted molar refractivity (Wildman–Crippen MR) is 90.8 cm³/mol. The molecule has 1 amide bonds. The lowest BCUT2D eigenvalue weighted by atomic mass is 9.94. The van der Waals surface area contributed by atoms with E-state index in [2.05, 4.69) is 9.97 Å². The van der Waals surface area contributed by atoms with E-state index in [-0.39, 0.29) is 17.8 Å². The molecule has 1 saturated carbocycles.